The predicted molar refractivity (Wildman–Crippen MR) is 260 cm³/mol. The summed E-state index contributed by atoms with van der Waals surface area (Å²) in [5, 5.41) is 29.7. The van der Waals surface area contributed by atoms with Gasteiger partial charge >= 0.3 is 0 Å². The Morgan fingerprint density at radius 2 is 0.762 bits per heavy atom. The van der Waals surface area contributed by atoms with E-state index in [-0.39, 0.29) is 0 Å². The Hall–Kier alpha value is -8.90. The van der Waals surface area contributed by atoms with Gasteiger partial charge < -0.3 is 14.2 Å². The highest BCUT2D eigenvalue weighted by Gasteiger charge is 2.23. The van der Waals surface area contributed by atoms with Gasteiger partial charge in [-0.1, -0.05) is 103 Å². The molecule has 292 valence electrons. The quantitative estimate of drug-likeness (QED) is 0.161. The van der Waals surface area contributed by atoms with E-state index in [0.29, 0.717) is 11.1 Å². The molecular weight excluding hydrogens is 767 g/mol. The van der Waals surface area contributed by atoms with Gasteiger partial charge in [0, 0.05) is 44.3 Å². The number of fused-ring (bicyclic) bond motifs is 8. The van der Waals surface area contributed by atoms with Gasteiger partial charge in [0.15, 0.2) is 0 Å². The van der Waals surface area contributed by atoms with Crippen LogP contribution in [0.2, 0.25) is 0 Å². The van der Waals surface area contributed by atoms with Crippen LogP contribution in [0.4, 0.5) is 34.1 Å². The number of hydrogen-bond donors (Lipinski definition) is 0. The van der Waals surface area contributed by atoms with E-state index in [9.17, 15) is 10.5 Å². The molecule has 12 aromatic rings. The molecule has 0 saturated heterocycles. The summed E-state index contributed by atoms with van der Waals surface area (Å²) in [4.78, 5) is 4.35. The van der Waals surface area contributed by atoms with Crippen LogP contribution >= 0.6 is 0 Å². The van der Waals surface area contributed by atoms with Crippen molar-refractivity contribution in [2.45, 2.75) is 0 Å². The van der Waals surface area contributed by atoms with Gasteiger partial charge in [0.25, 0.3) is 0 Å². The molecule has 0 atom stereocenters. The van der Waals surface area contributed by atoms with Crippen LogP contribution in [0.5, 0.6) is 0 Å². The highest BCUT2D eigenvalue weighted by Crippen LogP contribution is 2.46. The van der Waals surface area contributed by atoms with E-state index in [4.69, 9.17) is 0 Å². The van der Waals surface area contributed by atoms with Crippen molar-refractivity contribution in [1.82, 2.24) is 4.40 Å². The Bertz CT molecular complexity index is 3590. The zero-order chi connectivity index (χ0) is 42.0. The fourth-order valence-electron chi connectivity index (χ4n) is 9.61. The molecule has 12 rings (SSSR count). The van der Waals surface area contributed by atoms with Crippen molar-refractivity contribution in [2.24, 2.45) is 0 Å². The standard InChI is InChI=1S/C58H35N5/c59-36-41-16-10-12-22-54(41)61(46-18-6-2-7-19-46)48-26-24-39-30-50-52-32-45(38-14-4-1-5-15-38)33-53-51-31-40-25-27-49(29-44(40)35-57(51)63(58(52)53)56(50)34-43(39)28-48)62(47-20-8-3-9-21-47)55-23-13-11-17-42(55)37-60/h1-35H. The summed E-state index contributed by atoms with van der Waals surface area (Å²) in [6.07, 6.45) is 0. The second-order valence-corrected chi connectivity index (χ2v) is 16.0. The summed E-state index contributed by atoms with van der Waals surface area (Å²) in [5.74, 6) is 0. The highest BCUT2D eigenvalue weighted by molar-refractivity contribution is 6.27. The molecule has 0 N–H and O–H groups in total. The summed E-state index contributed by atoms with van der Waals surface area (Å²) >= 11 is 0. The average Bonchev–Trinajstić information content (AvgIpc) is 3.84. The summed E-state index contributed by atoms with van der Waals surface area (Å²) in [5.41, 5.74) is 12.6. The van der Waals surface area contributed by atoms with E-state index in [1.54, 1.807) is 0 Å². The third kappa shape index (κ3) is 5.76. The first kappa shape index (κ1) is 36.0. The van der Waals surface area contributed by atoms with Gasteiger partial charge in [-0.25, -0.2) is 0 Å². The lowest BCUT2D eigenvalue weighted by Gasteiger charge is -2.26. The van der Waals surface area contributed by atoms with Crippen molar-refractivity contribution in [2.75, 3.05) is 9.80 Å². The first-order chi connectivity index (χ1) is 31.1. The SMILES string of the molecule is N#Cc1ccccc1N(c1ccccc1)c1ccc2cc3c4cc(-c5ccccc5)cc5c6cc7ccc(N(c8ccccc8)c8ccccc8C#N)cc7cc6n(c3cc2c1)c45. The Labute approximate surface area is 363 Å². The molecule has 0 aliphatic rings. The largest absolute Gasteiger partial charge is 0.309 e. The molecule has 0 fully saturated rings. The second-order valence-electron chi connectivity index (χ2n) is 16.0. The Balaban J connectivity index is 1.12. The van der Waals surface area contributed by atoms with E-state index in [0.717, 1.165) is 66.7 Å². The van der Waals surface area contributed by atoms with E-state index < -0.39 is 0 Å². The Kier molecular flexibility index (Phi) is 8.22. The minimum Gasteiger partial charge on any atom is -0.309 e. The molecule has 0 radical (unpaired) electrons. The van der Waals surface area contributed by atoms with Crippen molar-refractivity contribution in [3.8, 4) is 23.3 Å². The van der Waals surface area contributed by atoms with Crippen molar-refractivity contribution in [1.29, 1.82) is 10.5 Å². The third-order valence-electron chi connectivity index (χ3n) is 12.5. The number of para-hydroxylation sites is 4. The smallest absolute Gasteiger partial charge is 0.101 e. The number of nitriles is 2. The maximum atomic E-state index is 10.2. The van der Waals surface area contributed by atoms with Gasteiger partial charge in [0.1, 0.15) is 12.1 Å². The minimum atomic E-state index is 0.609. The number of nitrogens with zero attached hydrogens (tertiary/aromatic N) is 5. The Morgan fingerprint density at radius 3 is 1.22 bits per heavy atom. The molecular formula is C58H35N5. The molecule has 0 bridgehead atoms. The summed E-state index contributed by atoms with van der Waals surface area (Å²) < 4.78 is 2.46. The van der Waals surface area contributed by atoms with Crippen molar-refractivity contribution >= 4 is 93.8 Å². The third-order valence-corrected chi connectivity index (χ3v) is 12.5. The number of rotatable bonds is 7. The van der Waals surface area contributed by atoms with Crippen LogP contribution in [0.25, 0.3) is 70.8 Å². The topological polar surface area (TPSA) is 58.5 Å². The lowest BCUT2D eigenvalue weighted by molar-refractivity contribution is 1.27. The number of anilines is 6. The average molecular weight is 802 g/mol. The molecule has 2 heterocycles. The van der Waals surface area contributed by atoms with Gasteiger partial charge in [-0.15, -0.1) is 0 Å². The van der Waals surface area contributed by atoms with E-state index in [1.807, 2.05) is 84.9 Å². The molecule has 63 heavy (non-hydrogen) atoms. The number of benzene rings is 10. The van der Waals surface area contributed by atoms with Crippen molar-refractivity contribution in [3.63, 3.8) is 0 Å². The van der Waals surface area contributed by atoms with Gasteiger partial charge in [-0.05, 0) is 142 Å². The van der Waals surface area contributed by atoms with Gasteiger partial charge in [-0.3, -0.25) is 0 Å². The molecule has 0 aliphatic heterocycles. The van der Waals surface area contributed by atoms with Crippen LogP contribution in [0.15, 0.2) is 212 Å². The molecule has 0 spiro atoms. The normalized spacial score (nSPS) is 11.5. The minimum absolute atomic E-state index is 0.609. The number of hydrogen-bond acceptors (Lipinski definition) is 4. The highest BCUT2D eigenvalue weighted by atomic mass is 15.1. The fourth-order valence-corrected chi connectivity index (χ4v) is 9.61. The first-order valence-corrected chi connectivity index (χ1v) is 21.0. The summed E-state index contributed by atoms with van der Waals surface area (Å²) in [7, 11) is 0. The van der Waals surface area contributed by atoms with Crippen LogP contribution in [0.1, 0.15) is 11.1 Å². The van der Waals surface area contributed by atoms with Crippen LogP contribution in [0.3, 0.4) is 0 Å². The maximum Gasteiger partial charge on any atom is 0.101 e. The van der Waals surface area contributed by atoms with Crippen molar-refractivity contribution in [3.05, 3.63) is 223 Å². The van der Waals surface area contributed by atoms with Crippen LogP contribution in [-0.4, -0.2) is 4.40 Å². The molecule has 2 aromatic heterocycles. The van der Waals surface area contributed by atoms with E-state index >= 15 is 0 Å². The zero-order valence-electron chi connectivity index (χ0n) is 33.9. The summed E-state index contributed by atoms with van der Waals surface area (Å²) in [6.45, 7) is 0. The number of aromatic nitrogens is 1. The zero-order valence-corrected chi connectivity index (χ0v) is 33.9. The van der Waals surface area contributed by atoms with Crippen LogP contribution in [0, 0.1) is 22.7 Å². The maximum absolute atomic E-state index is 10.2. The molecule has 5 heteroatoms. The van der Waals surface area contributed by atoms with E-state index in [2.05, 4.69) is 154 Å². The lowest BCUT2D eigenvalue weighted by atomic mass is 9.97. The van der Waals surface area contributed by atoms with Crippen LogP contribution in [-0.2, 0) is 0 Å². The van der Waals surface area contributed by atoms with Gasteiger partial charge in [0.2, 0.25) is 0 Å². The molecule has 10 aromatic carbocycles. The fraction of sp³-hybridized carbons (Fsp3) is 0. The van der Waals surface area contributed by atoms with E-state index in [1.165, 1.54) is 38.2 Å². The molecule has 0 saturated carbocycles. The monoisotopic (exact) mass is 801 g/mol. The molecule has 0 aliphatic carbocycles. The predicted octanol–water partition coefficient (Wildman–Crippen LogP) is 15.5. The second kappa shape index (κ2) is 14.4. The lowest BCUT2D eigenvalue weighted by Crippen LogP contribution is -2.11. The molecule has 0 amide bonds. The van der Waals surface area contributed by atoms with Crippen LogP contribution < -0.4 is 9.80 Å². The molecule has 5 nitrogen and oxygen atoms in total. The van der Waals surface area contributed by atoms with Gasteiger partial charge in [0.05, 0.1) is 39.1 Å². The first-order valence-electron chi connectivity index (χ1n) is 21.0. The Morgan fingerprint density at radius 1 is 0.333 bits per heavy atom. The summed E-state index contributed by atoms with van der Waals surface area (Å²) in [6, 6.07) is 78.9. The van der Waals surface area contributed by atoms with Gasteiger partial charge in [-0.2, -0.15) is 10.5 Å². The molecule has 0 unspecified atom stereocenters. The van der Waals surface area contributed by atoms with Crippen molar-refractivity contribution < 1.29 is 0 Å².